The van der Waals surface area contributed by atoms with E-state index < -0.39 is 17.7 Å². The molecule has 1 N–H and O–H groups in total. The molecule has 1 rings (SSSR count). The van der Waals surface area contributed by atoms with Gasteiger partial charge in [-0.1, -0.05) is 43.6 Å². The number of allylic oxidation sites excluding steroid dienone is 1. The van der Waals surface area contributed by atoms with Gasteiger partial charge in [0.25, 0.3) is 0 Å². The maximum absolute atomic E-state index is 12.0. The zero-order chi connectivity index (χ0) is 16.2. The second kappa shape index (κ2) is 7.48. The Balaban J connectivity index is 2.93. The van der Waals surface area contributed by atoms with Gasteiger partial charge < -0.3 is 9.84 Å². The predicted molar refractivity (Wildman–Crippen MR) is 82.0 cm³/mol. The summed E-state index contributed by atoms with van der Waals surface area (Å²) in [4.78, 5) is 22.6. The third kappa shape index (κ3) is 4.76. The normalized spacial score (nSPS) is 11.8. The van der Waals surface area contributed by atoms with E-state index in [1.54, 1.807) is 6.07 Å². The topological polar surface area (TPSA) is 63.6 Å². The number of hydrogen-bond donors (Lipinski definition) is 1. The quantitative estimate of drug-likeness (QED) is 0.603. The molecule has 0 aliphatic heterocycles. The van der Waals surface area contributed by atoms with Gasteiger partial charge >= 0.3 is 5.97 Å². The van der Waals surface area contributed by atoms with Gasteiger partial charge in [-0.25, -0.2) is 0 Å². The Morgan fingerprint density at radius 3 is 2.52 bits per heavy atom. The van der Waals surface area contributed by atoms with Gasteiger partial charge in [-0.05, 0) is 24.1 Å². The number of benzene rings is 1. The van der Waals surface area contributed by atoms with E-state index in [-0.39, 0.29) is 17.2 Å². The van der Waals surface area contributed by atoms with Crippen molar-refractivity contribution in [2.45, 2.75) is 26.7 Å². The Hall–Kier alpha value is -1.52. The van der Waals surface area contributed by atoms with Crippen molar-refractivity contribution in [3.63, 3.8) is 0 Å². The van der Waals surface area contributed by atoms with E-state index in [0.717, 1.165) is 5.56 Å². The van der Waals surface area contributed by atoms with Crippen molar-refractivity contribution < 1.29 is 19.4 Å². The number of hydrogen-bond acceptors (Lipinski definition) is 3. The Morgan fingerprint density at radius 1 is 1.38 bits per heavy atom. The highest BCUT2D eigenvalue weighted by Gasteiger charge is 2.22. The Morgan fingerprint density at radius 2 is 2.00 bits per heavy atom. The van der Waals surface area contributed by atoms with Crippen LogP contribution < -0.4 is 4.74 Å². The molecule has 0 amide bonds. The van der Waals surface area contributed by atoms with E-state index in [1.807, 2.05) is 6.92 Å². The summed E-state index contributed by atoms with van der Waals surface area (Å²) in [5.41, 5.74) is 0.743. The van der Waals surface area contributed by atoms with Crippen molar-refractivity contribution >= 4 is 35.0 Å². The molecule has 1 aromatic carbocycles. The average Bonchev–Trinajstić information content (AvgIpc) is 2.39. The molecule has 0 aromatic heterocycles. The SMILES string of the molecule is C=C(Oc1c(Cl)cc(Cl)cc1CC)C(=O)C(C)CC(=O)O. The number of carbonyl (C=O) groups is 2. The fourth-order valence-corrected chi connectivity index (χ4v) is 2.37. The maximum Gasteiger partial charge on any atom is 0.304 e. The van der Waals surface area contributed by atoms with Crippen LogP contribution in [0.3, 0.4) is 0 Å². The number of carbonyl (C=O) groups excluding carboxylic acids is 1. The molecule has 1 unspecified atom stereocenters. The highest BCUT2D eigenvalue weighted by Crippen LogP contribution is 2.34. The Labute approximate surface area is 133 Å². The summed E-state index contributed by atoms with van der Waals surface area (Å²) in [5.74, 6) is -2.05. The first-order valence-electron chi connectivity index (χ1n) is 6.36. The van der Waals surface area contributed by atoms with Crippen molar-refractivity contribution in [1.29, 1.82) is 0 Å². The van der Waals surface area contributed by atoms with Crippen molar-refractivity contribution in [3.8, 4) is 5.75 Å². The van der Waals surface area contributed by atoms with Crippen LogP contribution in [-0.2, 0) is 16.0 Å². The lowest BCUT2D eigenvalue weighted by atomic mass is 10.0. The highest BCUT2D eigenvalue weighted by atomic mass is 35.5. The lowest BCUT2D eigenvalue weighted by molar-refractivity contribution is -0.140. The summed E-state index contributed by atoms with van der Waals surface area (Å²) in [6.45, 7) is 6.97. The molecular weight excluding hydrogens is 315 g/mol. The average molecular weight is 331 g/mol. The molecule has 0 bridgehead atoms. The van der Waals surface area contributed by atoms with Crippen LogP contribution in [0, 0.1) is 5.92 Å². The molecule has 0 aliphatic rings. The molecule has 0 aliphatic carbocycles. The Bertz CT molecular complexity index is 581. The summed E-state index contributed by atoms with van der Waals surface area (Å²) in [6, 6.07) is 3.21. The van der Waals surface area contributed by atoms with E-state index in [9.17, 15) is 9.59 Å². The summed E-state index contributed by atoms with van der Waals surface area (Å²) in [5, 5.41) is 9.45. The van der Waals surface area contributed by atoms with E-state index in [2.05, 4.69) is 6.58 Å². The fourth-order valence-electron chi connectivity index (χ4n) is 1.79. The number of halogens is 2. The minimum atomic E-state index is -1.05. The number of aliphatic carboxylic acids is 1. The molecule has 4 nitrogen and oxygen atoms in total. The highest BCUT2D eigenvalue weighted by molar-refractivity contribution is 6.35. The second-order valence-corrected chi connectivity index (χ2v) is 5.46. The van der Waals surface area contributed by atoms with Gasteiger partial charge in [-0.15, -0.1) is 0 Å². The minimum Gasteiger partial charge on any atom is -0.481 e. The largest absolute Gasteiger partial charge is 0.481 e. The van der Waals surface area contributed by atoms with E-state index >= 15 is 0 Å². The Kier molecular flexibility index (Phi) is 6.24. The molecule has 1 aromatic rings. The van der Waals surface area contributed by atoms with Crippen LogP contribution >= 0.6 is 23.2 Å². The fraction of sp³-hybridized carbons (Fsp3) is 0.333. The molecule has 1 atom stereocenters. The third-order valence-corrected chi connectivity index (χ3v) is 3.39. The first-order chi connectivity index (χ1) is 9.76. The van der Waals surface area contributed by atoms with E-state index in [0.29, 0.717) is 17.2 Å². The van der Waals surface area contributed by atoms with E-state index in [4.69, 9.17) is 33.0 Å². The zero-order valence-corrected chi connectivity index (χ0v) is 13.3. The summed E-state index contributed by atoms with van der Waals surface area (Å²) in [6.07, 6.45) is 0.331. The molecule has 0 heterocycles. The van der Waals surface area contributed by atoms with Gasteiger partial charge in [0.15, 0.2) is 5.76 Å². The van der Waals surface area contributed by atoms with Gasteiger partial charge in [0.2, 0.25) is 5.78 Å². The summed E-state index contributed by atoms with van der Waals surface area (Å²) < 4.78 is 5.46. The molecule has 0 spiro atoms. The second-order valence-electron chi connectivity index (χ2n) is 4.62. The molecule has 0 saturated carbocycles. The predicted octanol–water partition coefficient (Wildman–Crippen LogP) is 4.13. The number of ketones is 1. The molecule has 114 valence electrons. The van der Waals surface area contributed by atoms with Gasteiger partial charge in [0, 0.05) is 10.9 Å². The first kappa shape index (κ1) is 17.5. The number of carboxylic acid groups (broad SMARTS) is 1. The summed E-state index contributed by atoms with van der Waals surface area (Å²) >= 11 is 12.0. The van der Waals surface area contributed by atoms with Gasteiger partial charge in [0.1, 0.15) is 5.75 Å². The van der Waals surface area contributed by atoms with Crippen LogP contribution in [0.25, 0.3) is 0 Å². The number of ether oxygens (including phenoxy) is 1. The van der Waals surface area contributed by atoms with Crippen molar-refractivity contribution in [1.82, 2.24) is 0 Å². The van der Waals surface area contributed by atoms with Crippen LogP contribution in [0.1, 0.15) is 25.8 Å². The third-order valence-electron chi connectivity index (χ3n) is 2.89. The number of Topliss-reactive ketones (excluding diaryl/α,β-unsaturated/α-hetero) is 1. The smallest absolute Gasteiger partial charge is 0.304 e. The van der Waals surface area contributed by atoms with Crippen LogP contribution in [0.5, 0.6) is 5.75 Å². The molecular formula is C15H16Cl2O4. The molecule has 0 saturated heterocycles. The lowest BCUT2D eigenvalue weighted by Gasteiger charge is -2.15. The minimum absolute atomic E-state index is 0.136. The number of carboxylic acids is 1. The molecule has 6 heteroatoms. The maximum atomic E-state index is 12.0. The van der Waals surface area contributed by atoms with Crippen LogP contribution in [0.15, 0.2) is 24.5 Å². The van der Waals surface area contributed by atoms with Crippen molar-refractivity contribution in [3.05, 3.63) is 40.1 Å². The standard InChI is InChI=1S/C15H16Cl2O4/c1-4-10-6-11(16)7-12(17)15(10)21-9(3)14(20)8(2)5-13(18)19/h6-8H,3-5H2,1-2H3,(H,18,19). The van der Waals surface area contributed by atoms with Crippen molar-refractivity contribution in [2.24, 2.45) is 5.92 Å². The number of aryl methyl sites for hydroxylation is 1. The van der Waals surface area contributed by atoms with Gasteiger partial charge in [-0.2, -0.15) is 0 Å². The molecule has 0 radical (unpaired) electrons. The lowest BCUT2D eigenvalue weighted by Crippen LogP contribution is -2.19. The molecule has 21 heavy (non-hydrogen) atoms. The van der Waals surface area contributed by atoms with E-state index in [1.165, 1.54) is 13.0 Å². The van der Waals surface area contributed by atoms with Crippen LogP contribution in [0.4, 0.5) is 0 Å². The molecule has 0 fully saturated rings. The zero-order valence-electron chi connectivity index (χ0n) is 11.8. The first-order valence-corrected chi connectivity index (χ1v) is 7.12. The van der Waals surface area contributed by atoms with Gasteiger partial charge in [0.05, 0.1) is 11.4 Å². The van der Waals surface area contributed by atoms with Gasteiger partial charge in [-0.3, -0.25) is 9.59 Å². The monoisotopic (exact) mass is 330 g/mol. The van der Waals surface area contributed by atoms with Crippen LogP contribution in [-0.4, -0.2) is 16.9 Å². The summed E-state index contributed by atoms with van der Waals surface area (Å²) in [7, 11) is 0. The number of rotatable bonds is 7. The van der Waals surface area contributed by atoms with Crippen LogP contribution in [0.2, 0.25) is 10.0 Å². The van der Waals surface area contributed by atoms with Crippen molar-refractivity contribution in [2.75, 3.05) is 0 Å².